The summed E-state index contributed by atoms with van der Waals surface area (Å²) in [6, 6.07) is 10.2. The lowest BCUT2D eigenvalue weighted by atomic mass is 10.0. The van der Waals surface area contributed by atoms with Crippen molar-refractivity contribution in [2.24, 2.45) is 0 Å². The number of hydrogen-bond donors (Lipinski definition) is 1. The Balaban J connectivity index is 2.19. The summed E-state index contributed by atoms with van der Waals surface area (Å²) in [4.78, 5) is 1.05. The van der Waals surface area contributed by atoms with Crippen LogP contribution in [0.4, 0.5) is 8.78 Å². The summed E-state index contributed by atoms with van der Waals surface area (Å²) in [7, 11) is 1.72. The summed E-state index contributed by atoms with van der Waals surface area (Å²) in [6.07, 6.45) is 0. The Kier molecular flexibility index (Phi) is 5.79. The van der Waals surface area contributed by atoms with Gasteiger partial charge in [-0.05, 0) is 43.8 Å². The Morgan fingerprint density at radius 3 is 2.67 bits per heavy atom. The third kappa shape index (κ3) is 4.05. The quantitative estimate of drug-likeness (QED) is 0.734. The topological polar surface area (TPSA) is 12.0 Å². The van der Waals surface area contributed by atoms with E-state index in [2.05, 4.69) is 21.2 Å². The minimum absolute atomic E-state index is 0.111. The molecule has 0 aromatic heterocycles. The second-order valence-corrected chi connectivity index (χ2v) is 6.71. The molecule has 0 heterocycles. The van der Waals surface area contributed by atoms with Crippen LogP contribution in [-0.4, -0.2) is 12.8 Å². The third-order valence-corrected chi connectivity index (χ3v) is 4.81. The molecule has 0 aliphatic rings. The van der Waals surface area contributed by atoms with Crippen LogP contribution in [0.2, 0.25) is 0 Å². The van der Waals surface area contributed by atoms with E-state index in [0.29, 0.717) is 11.3 Å². The second-order valence-electron chi connectivity index (χ2n) is 4.70. The molecule has 0 aliphatic heterocycles. The van der Waals surface area contributed by atoms with E-state index in [1.54, 1.807) is 25.7 Å². The van der Waals surface area contributed by atoms with Gasteiger partial charge in [0, 0.05) is 26.7 Å². The molecule has 2 aromatic carbocycles. The highest BCUT2D eigenvalue weighted by atomic mass is 79.9. The van der Waals surface area contributed by atoms with Crippen molar-refractivity contribution in [2.45, 2.75) is 17.9 Å². The molecule has 1 unspecified atom stereocenters. The Hall–Kier alpha value is -0.910. The zero-order chi connectivity index (χ0) is 15.4. The van der Waals surface area contributed by atoms with Crippen molar-refractivity contribution in [1.29, 1.82) is 0 Å². The van der Waals surface area contributed by atoms with Crippen molar-refractivity contribution in [3.05, 3.63) is 63.6 Å². The lowest BCUT2D eigenvalue weighted by Gasteiger charge is -2.18. The lowest BCUT2D eigenvalue weighted by molar-refractivity contribution is 0.509. The van der Waals surface area contributed by atoms with Crippen LogP contribution in [0.5, 0.6) is 0 Å². The van der Waals surface area contributed by atoms with Gasteiger partial charge in [0.2, 0.25) is 0 Å². The van der Waals surface area contributed by atoms with Crippen molar-refractivity contribution in [3.63, 3.8) is 0 Å². The van der Waals surface area contributed by atoms with Crippen LogP contribution in [0.25, 0.3) is 0 Å². The van der Waals surface area contributed by atoms with E-state index in [1.807, 2.05) is 24.3 Å². The van der Waals surface area contributed by atoms with E-state index in [1.165, 1.54) is 12.1 Å². The van der Waals surface area contributed by atoms with Gasteiger partial charge >= 0.3 is 0 Å². The first-order valence-electron chi connectivity index (χ1n) is 6.53. The van der Waals surface area contributed by atoms with Gasteiger partial charge in [0.15, 0.2) is 0 Å². The Labute approximate surface area is 136 Å². The molecule has 0 fully saturated rings. The standard InChI is InChI=1S/C16H16BrF2NS/c1-10-6-7-13(18)15(16(10)19)14(20-2)9-21-12-5-3-4-11(17)8-12/h3-8,14,20H,9H2,1-2H3. The minimum atomic E-state index is -0.507. The van der Waals surface area contributed by atoms with Gasteiger partial charge in [-0.3, -0.25) is 0 Å². The average Bonchev–Trinajstić information content (AvgIpc) is 2.46. The normalized spacial score (nSPS) is 12.4. The SMILES string of the molecule is CNC(CSc1cccc(Br)c1)c1c(F)ccc(C)c1F. The highest BCUT2D eigenvalue weighted by Gasteiger charge is 2.20. The van der Waals surface area contributed by atoms with Crippen molar-refractivity contribution in [1.82, 2.24) is 5.32 Å². The largest absolute Gasteiger partial charge is 0.312 e. The summed E-state index contributed by atoms with van der Waals surface area (Å²) in [5.74, 6) is -0.430. The molecular formula is C16H16BrF2NS. The van der Waals surface area contributed by atoms with Crippen molar-refractivity contribution < 1.29 is 8.78 Å². The highest BCUT2D eigenvalue weighted by Crippen LogP contribution is 2.29. The van der Waals surface area contributed by atoms with Gasteiger partial charge < -0.3 is 5.32 Å². The fourth-order valence-corrected chi connectivity index (χ4v) is 3.67. The third-order valence-electron chi connectivity index (χ3n) is 3.23. The first-order valence-corrected chi connectivity index (χ1v) is 8.31. The number of thioether (sulfide) groups is 1. The van der Waals surface area contributed by atoms with E-state index >= 15 is 0 Å². The predicted molar refractivity (Wildman–Crippen MR) is 87.8 cm³/mol. The monoisotopic (exact) mass is 371 g/mol. The number of halogens is 3. The maximum atomic E-state index is 14.2. The summed E-state index contributed by atoms with van der Waals surface area (Å²) >= 11 is 4.97. The Morgan fingerprint density at radius 2 is 2.00 bits per heavy atom. The molecule has 2 rings (SSSR count). The number of hydrogen-bond acceptors (Lipinski definition) is 2. The van der Waals surface area contributed by atoms with Crippen LogP contribution in [0.3, 0.4) is 0 Å². The molecule has 1 N–H and O–H groups in total. The molecule has 5 heteroatoms. The molecule has 1 atom stereocenters. The summed E-state index contributed by atoms with van der Waals surface area (Å²) in [6.45, 7) is 1.65. The molecule has 0 bridgehead atoms. The smallest absolute Gasteiger partial charge is 0.133 e. The van der Waals surface area contributed by atoms with Crippen molar-refractivity contribution >= 4 is 27.7 Å². The zero-order valence-corrected chi connectivity index (χ0v) is 14.2. The summed E-state index contributed by atoms with van der Waals surface area (Å²) < 4.78 is 29.1. The van der Waals surface area contributed by atoms with Gasteiger partial charge in [-0.2, -0.15) is 0 Å². The molecular weight excluding hydrogens is 356 g/mol. The van der Waals surface area contributed by atoms with Crippen molar-refractivity contribution in [2.75, 3.05) is 12.8 Å². The molecule has 0 aliphatic carbocycles. The number of benzene rings is 2. The van der Waals surface area contributed by atoms with Crippen LogP contribution in [0, 0.1) is 18.6 Å². The first kappa shape index (κ1) is 16.5. The molecule has 0 saturated carbocycles. The predicted octanol–water partition coefficient (Wildman–Crippen LogP) is 5.09. The molecule has 0 amide bonds. The van der Waals surface area contributed by atoms with Gasteiger partial charge in [-0.1, -0.05) is 28.1 Å². The molecule has 21 heavy (non-hydrogen) atoms. The van der Waals surface area contributed by atoms with Crippen LogP contribution in [0.15, 0.2) is 45.8 Å². The molecule has 0 spiro atoms. The van der Waals surface area contributed by atoms with E-state index in [-0.39, 0.29) is 11.6 Å². The fraction of sp³-hybridized carbons (Fsp3) is 0.250. The molecule has 0 saturated heterocycles. The number of rotatable bonds is 5. The molecule has 1 nitrogen and oxygen atoms in total. The van der Waals surface area contributed by atoms with E-state index in [0.717, 1.165) is 9.37 Å². The van der Waals surface area contributed by atoms with Gasteiger partial charge in [0.05, 0.1) is 0 Å². The average molecular weight is 372 g/mol. The molecule has 2 aromatic rings. The minimum Gasteiger partial charge on any atom is -0.312 e. The van der Waals surface area contributed by atoms with Crippen LogP contribution in [0.1, 0.15) is 17.2 Å². The number of aryl methyl sites for hydroxylation is 1. The maximum absolute atomic E-state index is 14.2. The van der Waals surface area contributed by atoms with E-state index < -0.39 is 11.6 Å². The lowest BCUT2D eigenvalue weighted by Crippen LogP contribution is -2.22. The van der Waals surface area contributed by atoms with E-state index in [4.69, 9.17) is 0 Å². The zero-order valence-electron chi connectivity index (χ0n) is 11.8. The molecule has 112 valence electrons. The van der Waals surface area contributed by atoms with Gasteiger partial charge in [0.25, 0.3) is 0 Å². The highest BCUT2D eigenvalue weighted by molar-refractivity contribution is 9.10. The van der Waals surface area contributed by atoms with Crippen LogP contribution >= 0.6 is 27.7 Å². The van der Waals surface area contributed by atoms with E-state index in [9.17, 15) is 8.78 Å². The first-order chi connectivity index (χ1) is 10.0. The van der Waals surface area contributed by atoms with Gasteiger partial charge in [0.1, 0.15) is 11.6 Å². The molecule has 0 radical (unpaired) electrons. The second kappa shape index (κ2) is 7.38. The van der Waals surface area contributed by atoms with Gasteiger partial charge in [-0.15, -0.1) is 11.8 Å². The number of nitrogens with one attached hydrogen (secondary N) is 1. The Morgan fingerprint density at radius 1 is 1.24 bits per heavy atom. The summed E-state index contributed by atoms with van der Waals surface area (Å²) in [5, 5.41) is 3.00. The van der Waals surface area contributed by atoms with Crippen LogP contribution in [-0.2, 0) is 0 Å². The fourth-order valence-electron chi connectivity index (χ4n) is 2.05. The van der Waals surface area contributed by atoms with Crippen LogP contribution < -0.4 is 5.32 Å². The maximum Gasteiger partial charge on any atom is 0.133 e. The van der Waals surface area contributed by atoms with Crippen molar-refractivity contribution in [3.8, 4) is 0 Å². The van der Waals surface area contributed by atoms with Gasteiger partial charge in [-0.25, -0.2) is 8.78 Å². The summed E-state index contributed by atoms with van der Waals surface area (Å²) in [5.41, 5.74) is 0.569. The Bertz CT molecular complexity index is 634.